The zero-order valence-corrected chi connectivity index (χ0v) is 18.6. The smallest absolute Gasteiger partial charge is 0.237 e. The van der Waals surface area contributed by atoms with Crippen molar-refractivity contribution in [2.24, 2.45) is 0 Å². The Balaban J connectivity index is 1.73. The summed E-state index contributed by atoms with van der Waals surface area (Å²) in [4.78, 5) is 16.7. The van der Waals surface area contributed by atoms with E-state index in [1.54, 1.807) is 18.2 Å². The summed E-state index contributed by atoms with van der Waals surface area (Å²) < 4.78 is 6.03. The third-order valence-electron chi connectivity index (χ3n) is 5.06. The van der Waals surface area contributed by atoms with Crippen LogP contribution in [0.2, 0.25) is 10.0 Å². The number of halogens is 2. The molecule has 0 unspecified atom stereocenters. The van der Waals surface area contributed by atoms with E-state index in [9.17, 15) is 4.79 Å². The number of nitrogens with zero attached hydrogens (tertiary/aromatic N) is 2. The van der Waals surface area contributed by atoms with Gasteiger partial charge in [-0.1, -0.05) is 29.3 Å². The number of hydrogen-bond donors (Lipinski definition) is 1. The van der Waals surface area contributed by atoms with Crippen LogP contribution in [-0.4, -0.2) is 48.4 Å². The highest BCUT2D eigenvalue weighted by Gasteiger charge is 2.25. The van der Waals surface area contributed by atoms with Gasteiger partial charge in [0.1, 0.15) is 11.5 Å². The van der Waals surface area contributed by atoms with E-state index in [1.165, 1.54) is 0 Å². The van der Waals surface area contributed by atoms with Crippen LogP contribution >= 0.6 is 23.2 Å². The predicted molar refractivity (Wildman–Crippen MR) is 118 cm³/mol. The van der Waals surface area contributed by atoms with Crippen molar-refractivity contribution < 1.29 is 9.53 Å². The van der Waals surface area contributed by atoms with Crippen molar-refractivity contribution in [3.05, 3.63) is 57.6 Å². The number of nitrogens with one attached hydrogen (secondary N) is 1. The fraction of sp³-hybridized carbons (Fsp3) is 0.409. The van der Waals surface area contributed by atoms with Crippen molar-refractivity contribution in [1.29, 1.82) is 0 Å². The third kappa shape index (κ3) is 5.64. The molecule has 1 fully saturated rings. The summed E-state index contributed by atoms with van der Waals surface area (Å²) >= 11 is 12.1. The minimum absolute atomic E-state index is 0.177. The number of hydrogen-bond acceptors (Lipinski definition) is 4. The van der Waals surface area contributed by atoms with Gasteiger partial charge in [0, 0.05) is 43.9 Å². The number of carbonyl (C=O) groups is 1. The van der Waals surface area contributed by atoms with Crippen molar-refractivity contribution in [3.63, 3.8) is 0 Å². The van der Waals surface area contributed by atoms with Gasteiger partial charge in [-0.15, -0.1) is 0 Å². The molecule has 0 aliphatic carbocycles. The second-order valence-electron chi connectivity index (χ2n) is 7.53. The van der Waals surface area contributed by atoms with Gasteiger partial charge in [-0.25, -0.2) is 0 Å². The Hall–Kier alpha value is -1.79. The first-order valence-corrected chi connectivity index (χ1v) is 10.5. The molecule has 1 aliphatic rings. The minimum Gasteiger partial charge on any atom is -0.457 e. The molecule has 0 saturated carbocycles. The van der Waals surface area contributed by atoms with Crippen LogP contribution in [0.1, 0.15) is 25.0 Å². The molecule has 29 heavy (non-hydrogen) atoms. The maximum Gasteiger partial charge on any atom is 0.237 e. The first kappa shape index (κ1) is 21.9. The minimum atomic E-state index is 0.177. The standard InChI is InChI=1S/C22H27Cl2N3O2/c1-15(2)26-8-9-27(22(28)14-26)13-16-4-7-21(17(10-16)12-25-3)29-18-5-6-19(23)20(24)11-18/h4-7,10-11,15,25H,8-9,12-14H2,1-3H3. The highest BCUT2D eigenvalue weighted by atomic mass is 35.5. The summed E-state index contributed by atoms with van der Waals surface area (Å²) in [6.07, 6.45) is 0. The maximum atomic E-state index is 12.5. The molecule has 0 atom stereocenters. The lowest BCUT2D eigenvalue weighted by Crippen LogP contribution is -2.51. The van der Waals surface area contributed by atoms with Crippen molar-refractivity contribution in [1.82, 2.24) is 15.1 Å². The molecular weight excluding hydrogens is 409 g/mol. The molecule has 5 nitrogen and oxygen atoms in total. The number of carbonyl (C=O) groups excluding carboxylic acids is 1. The number of ether oxygens (including phenoxy) is 1. The summed E-state index contributed by atoms with van der Waals surface area (Å²) in [6.45, 7) is 7.65. The molecule has 0 radical (unpaired) electrons. The average Bonchev–Trinajstić information content (AvgIpc) is 2.68. The lowest BCUT2D eigenvalue weighted by Gasteiger charge is -2.36. The Morgan fingerprint density at radius 1 is 1.10 bits per heavy atom. The molecule has 0 bridgehead atoms. The molecule has 1 heterocycles. The quantitative estimate of drug-likeness (QED) is 0.692. The molecule has 1 amide bonds. The molecule has 3 rings (SSSR count). The normalized spacial score (nSPS) is 15.2. The number of amides is 1. The van der Waals surface area contributed by atoms with Crippen LogP contribution in [0.5, 0.6) is 11.5 Å². The lowest BCUT2D eigenvalue weighted by molar-refractivity contribution is -0.137. The molecule has 2 aromatic rings. The van der Waals surface area contributed by atoms with E-state index in [-0.39, 0.29) is 5.91 Å². The zero-order chi connectivity index (χ0) is 21.0. The van der Waals surface area contributed by atoms with Gasteiger partial charge >= 0.3 is 0 Å². The van der Waals surface area contributed by atoms with Gasteiger partial charge in [0.2, 0.25) is 5.91 Å². The highest BCUT2D eigenvalue weighted by molar-refractivity contribution is 6.42. The lowest BCUT2D eigenvalue weighted by atomic mass is 10.1. The molecule has 0 aromatic heterocycles. The molecule has 1 N–H and O–H groups in total. The van der Waals surface area contributed by atoms with E-state index in [1.807, 2.05) is 24.1 Å². The van der Waals surface area contributed by atoms with Crippen LogP contribution in [0.15, 0.2) is 36.4 Å². The van der Waals surface area contributed by atoms with Gasteiger partial charge in [-0.2, -0.15) is 0 Å². The largest absolute Gasteiger partial charge is 0.457 e. The second kappa shape index (κ2) is 9.81. The van der Waals surface area contributed by atoms with Crippen molar-refractivity contribution in [2.75, 3.05) is 26.7 Å². The van der Waals surface area contributed by atoms with Crippen molar-refractivity contribution >= 4 is 29.1 Å². The molecule has 0 spiro atoms. The number of rotatable bonds is 7. The maximum absolute atomic E-state index is 12.5. The van der Waals surface area contributed by atoms with Crippen LogP contribution in [0.25, 0.3) is 0 Å². The van der Waals surface area contributed by atoms with Crippen molar-refractivity contribution in [2.45, 2.75) is 33.0 Å². The molecule has 7 heteroatoms. The zero-order valence-electron chi connectivity index (χ0n) is 17.0. The van der Waals surface area contributed by atoms with E-state index in [0.717, 1.165) is 30.0 Å². The van der Waals surface area contributed by atoms with E-state index < -0.39 is 0 Å². The van der Waals surface area contributed by atoms with Crippen LogP contribution in [0.4, 0.5) is 0 Å². The Bertz CT molecular complexity index is 873. The average molecular weight is 436 g/mol. The van der Waals surface area contributed by atoms with E-state index in [4.69, 9.17) is 27.9 Å². The molecule has 156 valence electrons. The first-order valence-electron chi connectivity index (χ1n) is 9.78. The topological polar surface area (TPSA) is 44.8 Å². The van der Waals surface area contributed by atoms with E-state index in [0.29, 0.717) is 41.5 Å². The fourth-order valence-electron chi connectivity index (χ4n) is 3.38. The van der Waals surface area contributed by atoms with Crippen molar-refractivity contribution in [3.8, 4) is 11.5 Å². The Morgan fingerprint density at radius 3 is 2.55 bits per heavy atom. The summed E-state index contributed by atoms with van der Waals surface area (Å²) in [5.74, 6) is 1.55. The van der Waals surface area contributed by atoms with Gasteiger partial charge in [-0.05, 0) is 50.7 Å². The Kier molecular flexibility index (Phi) is 7.41. The predicted octanol–water partition coefficient (Wildman–Crippen LogP) is 4.56. The third-order valence-corrected chi connectivity index (χ3v) is 5.80. The van der Waals surface area contributed by atoms with Crippen LogP contribution in [-0.2, 0) is 17.9 Å². The van der Waals surface area contributed by atoms with E-state index in [2.05, 4.69) is 30.1 Å². The SMILES string of the molecule is CNCc1cc(CN2CCN(C(C)C)CC2=O)ccc1Oc1ccc(Cl)c(Cl)c1. The molecule has 1 aliphatic heterocycles. The fourth-order valence-corrected chi connectivity index (χ4v) is 3.67. The van der Waals surface area contributed by atoms with Crippen LogP contribution < -0.4 is 10.1 Å². The van der Waals surface area contributed by atoms with Gasteiger partial charge in [0.15, 0.2) is 0 Å². The number of piperazine rings is 1. The van der Waals surface area contributed by atoms with Gasteiger partial charge in [0.25, 0.3) is 0 Å². The second-order valence-corrected chi connectivity index (χ2v) is 8.34. The molecule has 2 aromatic carbocycles. The summed E-state index contributed by atoms with van der Waals surface area (Å²) in [6, 6.07) is 11.6. The highest BCUT2D eigenvalue weighted by Crippen LogP contribution is 2.31. The van der Waals surface area contributed by atoms with Crippen LogP contribution in [0, 0.1) is 0 Å². The molecular formula is C22H27Cl2N3O2. The summed E-state index contributed by atoms with van der Waals surface area (Å²) in [5, 5.41) is 4.12. The number of benzene rings is 2. The summed E-state index contributed by atoms with van der Waals surface area (Å²) in [7, 11) is 1.89. The van der Waals surface area contributed by atoms with Gasteiger partial charge in [0.05, 0.1) is 16.6 Å². The van der Waals surface area contributed by atoms with Gasteiger partial charge in [-0.3, -0.25) is 9.69 Å². The first-order chi connectivity index (χ1) is 13.9. The monoisotopic (exact) mass is 435 g/mol. The summed E-state index contributed by atoms with van der Waals surface area (Å²) in [5.41, 5.74) is 2.10. The Labute approximate surface area is 182 Å². The Morgan fingerprint density at radius 2 is 1.90 bits per heavy atom. The van der Waals surface area contributed by atoms with E-state index >= 15 is 0 Å². The van der Waals surface area contributed by atoms with Crippen LogP contribution in [0.3, 0.4) is 0 Å². The van der Waals surface area contributed by atoms with Gasteiger partial charge < -0.3 is 15.0 Å². The molecule has 1 saturated heterocycles.